The van der Waals surface area contributed by atoms with Gasteiger partial charge in [-0.05, 0) is 65.9 Å². The minimum atomic E-state index is 0.570. The highest BCUT2D eigenvalue weighted by Crippen LogP contribution is 2.29. The van der Waals surface area contributed by atoms with Crippen LogP contribution in [0.15, 0.2) is 48.5 Å². The van der Waals surface area contributed by atoms with Crippen LogP contribution in [0.3, 0.4) is 0 Å². The predicted molar refractivity (Wildman–Crippen MR) is 117 cm³/mol. The van der Waals surface area contributed by atoms with E-state index in [2.05, 4.69) is 67.4 Å². The zero-order valence-electron chi connectivity index (χ0n) is 14.4. The molecule has 28 heavy (non-hydrogen) atoms. The molecule has 0 saturated carbocycles. The molecule has 0 bridgehead atoms. The molecule has 0 amide bonds. The van der Waals surface area contributed by atoms with Gasteiger partial charge in [-0.1, -0.05) is 40.3 Å². The van der Waals surface area contributed by atoms with E-state index < -0.39 is 0 Å². The largest absolute Gasteiger partial charge is 0.235 e. The quantitative estimate of drug-likeness (QED) is 0.324. The van der Waals surface area contributed by atoms with Crippen LogP contribution >= 0.6 is 45.5 Å². The SMILES string of the molecule is Cc1c(-c2nnc3sc(-c4ccc(I)cc4)nn23)nnn1-c1ccc(Cl)cc1. The van der Waals surface area contributed by atoms with E-state index in [0.717, 1.165) is 22.0 Å². The number of nitrogens with zero attached hydrogens (tertiary/aromatic N) is 7. The second kappa shape index (κ2) is 6.90. The van der Waals surface area contributed by atoms with Crippen molar-refractivity contribution in [2.24, 2.45) is 0 Å². The molecular weight excluding hydrogens is 509 g/mol. The number of hydrogen-bond donors (Lipinski definition) is 0. The maximum absolute atomic E-state index is 5.98. The van der Waals surface area contributed by atoms with E-state index >= 15 is 0 Å². The molecule has 10 heteroatoms. The van der Waals surface area contributed by atoms with Crippen molar-refractivity contribution in [3.05, 3.63) is 62.8 Å². The maximum atomic E-state index is 5.98. The van der Waals surface area contributed by atoms with Gasteiger partial charge in [0.25, 0.3) is 0 Å². The molecule has 0 fully saturated rings. The van der Waals surface area contributed by atoms with Crippen molar-refractivity contribution in [2.45, 2.75) is 6.92 Å². The van der Waals surface area contributed by atoms with Crippen LogP contribution in [0.1, 0.15) is 5.69 Å². The minimum absolute atomic E-state index is 0.570. The van der Waals surface area contributed by atoms with Gasteiger partial charge in [-0.2, -0.15) is 9.61 Å². The highest BCUT2D eigenvalue weighted by atomic mass is 127. The first-order valence-electron chi connectivity index (χ1n) is 8.27. The van der Waals surface area contributed by atoms with Gasteiger partial charge >= 0.3 is 0 Å². The summed E-state index contributed by atoms with van der Waals surface area (Å²) >= 11 is 9.75. The fraction of sp³-hybridized carbons (Fsp3) is 0.0556. The van der Waals surface area contributed by atoms with E-state index in [0.29, 0.717) is 21.5 Å². The molecule has 0 spiro atoms. The van der Waals surface area contributed by atoms with Crippen molar-refractivity contribution < 1.29 is 0 Å². The first-order valence-corrected chi connectivity index (χ1v) is 10.5. The van der Waals surface area contributed by atoms with E-state index in [9.17, 15) is 0 Å². The van der Waals surface area contributed by atoms with Crippen molar-refractivity contribution in [3.8, 4) is 27.8 Å². The van der Waals surface area contributed by atoms with Crippen molar-refractivity contribution in [2.75, 3.05) is 0 Å². The third kappa shape index (κ3) is 2.99. The lowest BCUT2D eigenvalue weighted by molar-refractivity contribution is 0.785. The van der Waals surface area contributed by atoms with Gasteiger partial charge in [-0.3, -0.25) is 0 Å². The standard InChI is InChI=1S/C18H11ClIN7S/c1-10-15(21-25-26(10)14-8-4-12(19)5-9-14)16-22-23-18-27(16)24-17(28-18)11-2-6-13(20)7-3-11/h2-9H,1H3. The van der Waals surface area contributed by atoms with Crippen molar-refractivity contribution >= 4 is 50.5 Å². The zero-order chi connectivity index (χ0) is 19.3. The van der Waals surface area contributed by atoms with E-state index in [4.69, 9.17) is 16.7 Å². The molecule has 5 rings (SSSR count). The minimum Gasteiger partial charge on any atom is -0.217 e. The van der Waals surface area contributed by atoms with E-state index in [1.807, 2.05) is 31.2 Å². The Hall–Kier alpha value is -2.37. The van der Waals surface area contributed by atoms with Gasteiger partial charge in [0.15, 0.2) is 5.69 Å². The summed E-state index contributed by atoms with van der Waals surface area (Å²) in [6.45, 7) is 1.94. The van der Waals surface area contributed by atoms with Crippen LogP contribution < -0.4 is 0 Å². The Bertz CT molecular complexity index is 1290. The lowest BCUT2D eigenvalue weighted by Crippen LogP contribution is -1.99. The number of halogens is 2. The fourth-order valence-electron chi connectivity index (χ4n) is 2.84. The number of aromatic nitrogens is 7. The average molecular weight is 520 g/mol. The second-order valence-electron chi connectivity index (χ2n) is 6.04. The van der Waals surface area contributed by atoms with Gasteiger partial charge in [0.1, 0.15) is 5.01 Å². The number of rotatable bonds is 3. The normalized spacial score (nSPS) is 11.4. The number of hydrogen-bond acceptors (Lipinski definition) is 6. The lowest BCUT2D eigenvalue weighted by atomic mass is 10.2. The van der Waals surface area contributed by atoms with Gasteiger partial charge in [0, 0.05) is 14.2 Å². The monoisotopic (exact) mass is 519 g/mol. The molecule has 138 valence electrons. The first-order chi connectivity index (χ1) is 13.6. The summed E-state index contributed by atoms with van der Waals surface area (Å²) in [4.78, 5) is 0.712. The highest BCUT2D eigenvalue weighted by Gasteiger charge is 2.20. The Morgan fingerprint density at radius 2 is 1.71 bits per heavy atom. The second-order valence-corrected chi connectivity index (χ2v) is 8.68. The van der Waals surface area contributed by atoms with Gasteiger partial charge in [0.2, 0.25) is 10.8 Å². The van der Waals surface area contributed by atoms with Crippen molar-refractivity contribution in [1.82, 2.24) is 34.8 Å². The fourth-order valence-corrected chi connectivity index (χ4v) is 4.17. The molecule has 0 radical (unpaired) electrons. The third-order valence-corrected chi connectivity index (χ3v) is 6.18. The van der Waals surface area contributed by atoms with Gasteiger partial charge in [0.05, 0.1) is 11.4 Å². The van der Waals surface area contributed by atoms with E-state index in [1.165, 1.54) is 14.9 Å². The summed E-state index contributed by atoms with van der Waals surface area (Å²) in [6, 6.07) is 15.6. The topological polar surface area (TPSA) is 73.8 Å². The van der Waals surface area contributed by atoms with Crippen LogP contribution in [-0.2, 0) is 0 Å². The molecule has 0 atom stereocenters. The molecule has 0 aliphatic rings. The molecule has 0 N–H and O–H groups in total. The summed E-state index contributed by atoms with van der Waals surface area (Å²) in [7, 11) is 0. The molecule has 0 aliphatic carbocycles. The maximum Gasteiger partial charge on any atom is 0.235 e. The van der Waals surface area contributed by atoms with Crippen LogP contribution in [-0.4, -0.2) is 34.8 Å². The summed E-state index contributed by atoms with van der Waals surface area (Å²) in [6.07, 6.45) is 0. The molecule has 3 heterocycles. The summed E-state index contributed by atoms with van der Waals surface area (Å²) in [5.74, 6) is 0.570. The summed E-state index contributed by atoms with van der Waals surface area (Å²) in [5.41, 5.74) is 3.41. The van der Waals surface area contributed by atoms with Crippen LogP contribution in [0.5, 0.6) is 0 Å². The Balaban J connectivity index is 1.58. The van der Waals surface area contributed by atoms with E-state index in [1.54, 1.807) is 9.20 Å². The Kier molecular flexibility index (Phi) is 4.37. The smallest absolute Gasteiger partial charge is 0.217 e. The molecule has 0 unspecified atom stereocenters. The van der Waals surface area contributed by atoms with Crippen molar-refractivity contribution in [3.63, 3.8) is 0 Å². The van der Waals surface area contributed by atoms with Gasteiger partial charge < -0.3 is 0 Å². The van der Waals surface area contributed by atoms with Gasteiger partial charge in [-0.25, -0.2) is 4.68 Å². The molecule has 5 aromatic rings. The summed E-state index contributed by atoms with van der Waals surface area (Å²) < 4.78 is 4.65. The molecule has 0 aliphatic heterocycles. The Morgan fingerprint density at radius 3 is 2.46 bits per heavy atom. The van der Waals surface area contributed by atoms with E-state index in [-0.39, 0.29) is 0 Å². The molecule has 3 aromatic heterocycles. The zero-order valence-corrected chi connectivity index (χ0v) is 18.1. The van der Waals surface area contributed by atoms with Crippen LogP contribution in [0.2, 0.25) is 5.02 Å². The molecule has 0 saturated heterocycles. The highest BCUT2D eigenvalue weighted by molar-refractivity contribution is 14.1. The van der Waals surface area contributed by atoms with Crippen LogP contribution in [0.4, 0.5) is 0 Å². The average Bonchev–Trinajstić information content (AvgIpc) is 3.38. The van der Waals surface area contributed by atoms with Crippen LogP contribution in [0, 0.1) is 10.5 Å². The third-order valence-electron chi connectivity index (χ3n) is 4.26. The molecule has 7 nitrogen and oxygen atoms in total. The van der Waals surface area contributed by atoms with Crippen molar-refractivity contribution in [1.29, 1.82) is 0 Å². The predicted octanol–water partition coefficient (Wildman–Crippen LogP) is 4.67. The molecular formula is C18H11ClIN7S. The number of benzene rings is 2. The Labute approximate surface area is 182 Å². The molecule has 2 aromatic carbocycles. The van der Waals surface area contributed by atoms with Gasteiger partial charge in [-0.15, -0.1) is 15.3 Å². The summed E-state index contributed by atoms with van der Waals surface area (Å²) in [5, 5.41) is 23.4. The number of fused-ring (bicyclic) bond motifs is 1. The Morgan fingerprint density at radius 1 is 0.964 bits per heavy atom. The lowest BCUT2D eigenvalue weighted by Gasteiger charge is -2.03. The first kappa shape index (κ1) is 17.7. The van der Waals surface area contributed by atoms with Crippen LogP contribution in [0.25, 0.3) is 32.7 Å².